The van der Waals surface area contributed by atoms with Gasteiger partial charge in [-0.05, 0) is 49.2 Å². The monoisotopic (exact) mass is 468 g/mol. The Morgan fingerprint density at radius 2 is 1.79 bits per heavy atom. The van der Waals surface area contributed by atoms with E-state index in [4.69, 9.17) is 6.42 Å². The fraction of sp³-hybridized carbons (Fsp3) is 0.333. The normalized spacial score (nSPS) is 13.6. The molecule has 1 aliphatic heterocycles. The average molecular weight is 469 g/mol. The van der Waals surface area contributed by atoms with E-state index in [0.717, 1.165) is 30.2 Å². The SMILES string of the molecule is C#Cc1cccc(NC(=O)CN(C)C(=O)c2cc(S(=O)(=O)N(C)C)ccc2N2CCCC2)c1. The Balaban J connectivity index is 1.85. The number of amides is 2. The number of nitrogens with zero attached hydrogens (tertiary/aromatic N) is 3. The highest BCUT2D eigenvalue weighted by Gasteiger charge is 2.26. The Morgan fingerprint density at radius 1 is 1.09 bits per heavy atom. The highest BCUT2D eigenvalue weighted by atomic mass is 32.2. The van der Waals surface area contributed by atoms with Gasteiger partial charge in [-0.3, -0.25) is 9.59 Å². The molecule has 1 N–H and O–H groups in total. The predicted octanol–water partition coefficient (Wildman–Crippen LogP) is 2.23. The smallest absolute Gasteiger partial charge is 0.256 e. The maximum absolute atomic E-state index is 13.3. The lowest BCUT2D eigenvalue weighted by Crippen LogP contribution is -2.36. The zero-order valence-electron chi connectivity index (χ0n) is 19.0. The predicted molar refractivity (Wildman–Crippen MR) is 129 cm³/mol. The minimum Gasteiger partial charge on any atom is -0.371 e. The van der Waals surface area contributed by atoms with E-state index in [1.807, 2.05) is 0 Å². The lowest BCUT2D eigenvalue weighted by molar-refractivity contribution is -0.116. The van der Waals surface area contributed by atoms with Crippen molar-refractivity contribution in [1.29, 1.82) is 0 Å². The van der Waals surface area contributed by atoms with Gasteiger partial charge in [0, 0.05) is 51.2 Å². The van der Waals surface area contributed by atoms with Crippen molar-refractivity contribution in [3.05, 3.63) is 53.6 Å². The molecule has 2 aromatic carbocycles. The quantitative estimate of drug-likeness (QED) is 0.630. The van der Waals surface area contributed by atoms with Crippen LogP contribution in [-0.4, -0.2) is 70.2 Å². The van der Waals surface area contributed by atoms with Crippen LogP contribution >= 0.6 is 0 Å². The topological polar surface area (TPSA) is 90.0 Å². The van der Waals surface area contributed by atoms with Crippen molar-refractivity contribution in [3.8, 4) is 12.3 Å². The molecule has 1 saturated heterocycles. The van der Waals surface area contributed by atoms with Gasteiger partial charge in [-0.1, -0.05) is 12.0 Å². The molecular formula is C24H28N4O4S. The first-order chi connectivity index (χ1) is 15.6. The highest BCUT2D eigenvalue weighted by molar-refractivity contribution is 7.89. The Bertz CT molecular complexity index is 1200. The number of nitrogens with one attached hydrogen (secondary N) is 1. The van der Waals surface area contributed by atoms with Gasteiger partial charge < -0.3 is 15.1 Å². The number of hydrogen-bond acceptors (Lipinski definition) is 5. The highest BCUT2D eigenvalue weighted by Crippen LogP contribution is 2.29. The lowest BCUT2D eigenvalue weighted by atomic mass is 10.1. The molecule has 8 nitrogen and oxygen atoms in total. The standard InChI is InChI=1S/C24H28N4O4S/c1-5-18-9-8-10-19(15-18)25-23(29)17-27(4)24(30)21-16-20(33(31,32)26(2)3)11-12-22(21)28-13-6-7-14-28/h1,8-12,15-16H,6-7,13-14,17H2,2-4H3,(H,25,29). The molecule has 0 saturated carbocycles. The largest absolute Gasteiger partial charge is 0.371 e. The number of anilines is 2. The molecule has 3 rings (SSSR count). The van der Waals surface area contributed by atoms with Crippen molar-refractivity contribution in [2.24, 2.45) is 0 Å². The first kappa shape index (κ1) is 24.3. The molecule has 0 aromatic heterocycles. The number of hydrogen-bond donors (Lipinski definition) is 1. The summed E-state index contributed by atoms with van der Waals surface area (Å²) in [5.41, 5.74) is 2.09. The first-order valence-corrected chi connectivity index (χ1v) is 12.0. The summed E-state index contributed by atoms with van der Waals surface area (Å²) in [4.78, 5) is 29.3. The zero-order chi connectivity index (χ0) is 24.2. The number of terminal acetylenes is 1. The van der Waals surface area contributed by atoms with Gasteiger partial charge in [-0.15, -0.1) is 6.42 Å². The minimum absolute atomic E-state index is 0.0303. The van der Waals surface area contributed by atoms with Crippen LogP contribution in [0.25, 0.3) is 0 Å². The molecule has 0 bridgehead atoms. The lowest BCUT2D eigenvalue weighted by Gasteiger charge is -2.25. The van der Waals surface area contributed by atoms with Crippen LogP contribution < -0.4 is 10.2 Å². The number of benzene rings is 2. The van der Waals surface area contributed by atoms with Gasteiger partial charge in [0.2, 0.25) is 15.9 Å². The van der Waals surface area contributed by atoms with E-state index in [-0.39, 0.29) is 22.9 Å². The molecule has 2 aromatic rings. The van der Waals surface area contributed by atoms with Crippen LogP contribution in [0.2, 0.25) is 0 Å². The van der Waals surface area contributed by atoms with Gasteiger partial charge >= 0.3 is 0 Å². The molecule has 0 unspecified atom stereocenters. The summed E-state index contributed by atoms with van der Waals surface area (Å²) in [5, 5.41) is 2.73. The van der Waals surface area contributed by atoms with E-state index < -0.39 is 15.9 Å². The molecule has 174 valence electrons. The number of sulfonamides is 1. The first-order valence-electron chi connectivity index (χ1n) is 10.6. The van der Waals surface area contributed by atoms with Gasteiger partial charge in [0.1, 0.15) is 0 Å². The van der Waals surface area contributed by atoms with Crippen LogP contribution in [0.15, 0.2) is 47.4 Å². The van der Waals surface area contributed by atoms with Crippen LogP contribution in [0.5, 0.6) is 0 Å². The number of likely N-dealkylation sites (N-methyl/N-ethyl adjacent to an activating group) is 1. The third-order valence-electron chi connectivity index (χ3n) is 5.46. The van der Waals surface area contributed by atoms with E-state index in [1.54, 1.807) is 30.3 Å². The molecule has 9 heteroatoms. The molecule has 0 aliphatic carbocycles. The Kier molecular flexibility index (Phi) is 7.41. The Morgan fingerprint density at radius 3 is 2.42 bits per heavy atom. The third-order valence-corrected chi connectivity index (χ3v) is 7.28. The van der Waals surface area contributed by atoms with Gasteiger partial charge in [0.25, 0.3) is 5.91 Å². The second-order valence-electron chi connectivity index (χ2n) is 8.10. The molecule has 1 fully saturated rings. The van der Waals surface area contributed by atoms with Crippen molar-refractivity contribution in [2.75, 3.05) is 51.0 Å². The van der Waals surface area contributed by atoms with Crippen molar-refractivity contribution < 1.29 is 18.0 Å². The molecule has 33 heavy (non-hydrogen) atoms. The summed E-state index contributed by atoms with van der Waals surface area (Å²) in [6, 6.07) is 11.5. The van der Waals surface area contributed by atoms with Gasteiger partial charge in [-0.2, -0.15) is 0 Å². The summed E-state index contributed by atoms with van der Waals surface area (Å²) in [7, 11) is 0.677. The third kappa shape index (κ3) is 5.53. The minimum atomic E-state index is -3.72. The van der Waals surface area contributed by atoms with E-state index in [1.165, 1.54) is 38.2 Å². The van der Waals surface area contributed by atoms with Crippen molar-refractivity contribution in [3.63, 3.8) is 0 Å². The number of carbonyl (C=O) groups is 2. The van der Waals surface area contributed by atoms with Gasteiger partial charge in [0.05, 0.1) is 17.0 Å². The second kappa shape index (κ2) is 10.1. The van der Waals surface area contributed by atoms with Gasteiger partial charge in [-0.25, -0.2) is 12.7 Å². The average Bonchev–Trinajstić information content (AvgIpc) is 3.32. The molecule has 0 spiro atoms. The molecule has 0 radical (unpaired) electrons. The van der Waals surface area contributed by atoms with E-state index in [2.05, 4.69) is 16.1 Å². The Hall–Kier alpha value is -3.35. The maximum Gasteiger partial charge on any atom is 0.256 e. The zero-order valence-corrected chi connectivity index (χ0v) is 19.9. The summed E-state index contributed by atoms with van der Waals surface area (Å²) >= 11 is 0. The van der Waals surface area contributed by atoms with Gasteiger partial charge in [0.15, 0.2) is 0 Å². The van der Waals surface area contributed by atoms with Crippen molar-refractivity contribution in [2.45, 2.75) is 17.7 Å². The fourth-order valence-corrected chi connectivity index (χ4v) is 4.60. The van der Waals surface area contributed by atoms with Crippen LogP contribution in [0, 0.1) is 12.3 Å². The van der Waals surface area contributed by atoms with Crippen LogP contribution in [0.4, 0.5) is 11.4 Å². The number of carbonyl (C=O) groups excluding carboxylic acids is 2. The van der Waals surface area contributed by atoms with Crippen LogP contribution in [0.3, 0.4) is 0 Å². The van der Waals surface area contributed by atoms with E-state index in [0.29, 0.717) is 16.9 Å². The van der Waals surface area contributed by atoms with Crippen molar-refractivity contribution >= 4 is 33.2 Å². The summed E-state index contributed by atoms with van der Waals surface area (Å²) in [6.07, 6.45) is 7.40. The second-order valence-corrected chi connectivity index (χ2v) is 10.2. The molecular weight excluding hydrogens is 440 g/mol. The summed E-state index contributed by atoms with van der Waals surface area (Å²) in [5.74, 6) is 1.69. The molecule has 1 heterocycles. The molecule has 2 amide bonds. The Labute approximate surface area is 195 Å². The summed E-state index contributed by atoms with van der Waals surface area (Å²) in [6.45, 7) is 1.37. The molecule has 1 aliphatic rings. The van der Waals surface area contributed by atoms with Crippen LogP contribution in [0.1, 0.15) is 28.8 Å². The molecule has 0 atom stereocenters. The summed E-state index contributed by atoms with van der Waals surface area (Å²) < 4.78 is 26.4. The van der Waals surface area contributed by atoms with E-state index >= 15 is 0 Å². The van der Waals surface area contributed by atoms with Crippen LogP contribution in [-0.2, 0) is 14.8 Å². The maximum atomic E-state index is 13.3. The number of rotatable bonds is 7. The van der Waals surface area contributed by atoms with Crippen molar-refractivity contribution in [1.82, 2.24) is 9.21 Å². The van der Waals surface area contributed by atoms with E-state index in [9.17, 15) is 18.0 Å². The fourth-order valence-electron chi connectivity index (χ4n) is 3.67.